The molecule has 1 rings (SSSR count). The standard InChI is InChI=1S/C8H10Si/c1-7(9)8-5-3-2-4-6-8/h2-6H,9H2,1H3. The van der Waals surface area contributed by atoms with Gasteiger partial charge >= 0.3 is 0 Å². The third-order valence-corrected chi connectivity index (χ3v) is 1.67. The summed E-state index contributed by atoms with van der Waals surface area (Å²) in [6.45, 7) is 2.13. The molecule has 9 heavy (non-hydrogen) atoms. The lowest BCUT2D eigenvalue weighted by atomic mass is 10.2. The number of hydrogen-bond acceptors (Lipinski definition) is 0. The van der Waals surface area contributed by atoms with Crippen LogP contribution in [0.15, 0.2) is 30.3 Å². The van der Waals surface area contributed by atoms with E-state index in [0.29, 0.717) is 0 Å². The van der Waals surface area contributed by atoms with Crippen molar-refractivity contribution in [3.8, 4) is 0 Å². The zero-order valence-electron chi connectivity index (χ0n) is 5.59. The molecule has 0 bridgehead atoms. The van der Waals surface area contributed by atoms with Crippen LogP contribution in [0.2, 0.25) is 0 Å². The van der Waals surface area contributed by atoms with Gasteiger partial charge in [0.05, 0.1) is 0 Å². The van der Waals surface area contributed by atoms with E-state index in [1.54, 1.807) is 0 Å². The molecule has 0 aliphatic carbocycles. The van der Waals surface area contributed by atoms with Crippen molar-refractivity contribution >= 4 is 15.0 Å². The van der Waals surface area contributed by atoms with E-state index in [1.165, 1.54) is 10.7 Å². The van der Waals surface area contributed by atoms with E-state index < -0.39 is 0 Å². The highest BCUT2D eigenvalue weighted by Crippen LogP contribution is 1.96. The third-order valence-electron chi connectivity index (χ3n) is 1.27. The molecule has 0 amide bonds. The van der Waals surface area contributed by atoms with Crippen LogP contribution in [0.4, 0.5) is 0 Å². The Hall–Kier alpha value is -0.693. The molecule has 0 aromatic heterocycles. The molecule has 1 aromatic rings. The summed E-state index contributed by atoms with van der Waals surface area (Å²) in [5.74, 6) is 0. The zero-order chi connectivity index (χ0) is 6.69. The van der Waals surface area contributed by atoms with E-state index in [-0.39, 0.29) is 0 Å². The van der Waals surface area contributed by atoms with Crippen LogP contribution >= 0.6 is 0 Å². The summed E-state index contributed by atoms with van der Waals surface area (Å²) >= 11 is 0. The maximum atomic E-state index is 2.13. The summed E-state index contributed by atoms with van der Waals surface area (Å²) in [7, 11) is 1.93. The Balaban J connectivity index is 2.98. The van der Waals surface area contributed by atoms with Gasteiger partial charge in [-0.2, -0.15) is 0 Å². The number of hydrogen-bond donors (Lipinski definition) is 0. The molecule has 0 radical (unpaired) electrons. The van der Waals surface area contributed by atoms with Gasteiger partial charge in [-0.15, -0.1) is 0 Å². The normalized spacial score (nSPS) is 9.00. The van der Waals surface area contributed by atoms with E-state index in [9.17, 15) is 0 Å². The predicted octanol–water partition coefficient (Wildman–Crippen LogP) is 0.860. The van der Waals surface area contributed by atoms with Gasteiger partial charge in [0.2, 0.25) is 0 Å². The summed E-state index contributed by atoms with van der Waals surface area (Å²) in [6.07, 6.45) is 0. The van der Waals surface area contributed by atoms with Crippen LogP contribution in [0.3, 0.4) is 0 Å². The monoisotopic (exact) mass is 134 g/mol. The van der Waals surface area contributed by atoms with Crippen molar-refractivity contribution in [1.29, 1.82) is 0 Å². The summed E-state index contributed by atoms with van der Waals surface area (Å²) in [5.41, 5.74) is 1.34. The number of benzene rings is 1. The smallest absolute Gasteiger partial charge is 0.0189 e. The van der Waals surface area contributed by atoms with Gasteiger partial charge in [-0.25, -0.2) is 0 Å². The van der Waals surface area contributed by atoms with Crippen molar-refractivity contribution in [3.63, 3.8) is 0 Å². The van der Waals surface area contributed by atoms with Crippen molar-refractivity contribution in [2.45, 2.75) is 6.92 Å². The molecule has 0 saturated heterocycles. The quantitative estimate of drug-likeness (QED) is 0.500. The Kier molecular flexibility index (Phi) is 1.95. The number of rotatable bonds is 1. The summed E-state index contributed by atoms with van der Waals surface area (Å²) in [5, 5.41) is 1.40. The largest absolute Gasteiger partial charge is 0.0708 e. The van der Waals surface area contributed by atoms with Gasteiger partial charge in [0.25, 0.3) is 0 Å². The first-order valence-electron chi connectivity index (χ1n) is 3.01. The Morgan fingerprint density at radius 3 is 2.11 bits per heavy atom. The Bertz CT molecular complexity index is 201. The first-order chi connectivity index (χ1) is 4.30. The fraction of sp³-hybridized carbons (Fsp3) is 0.125. The predicted molar refractivity (Wildman–Crippen MR) is 44.8 cm³/mol. The summed E-state index contributed by atoms with van der Waals surface area (Å²) < 4.78 is 0. The maximum absolute atomic E-state index is 2.13. The van der Waals surface area contributed by atoms with E-state index in [0.717, 1.165) is 0 Å². The second kappa shape index (κ2) is 2.74. The van der Waals surface area contributed by atoms with E-state index in [2.05, 4.69) is 31.2 Å². The van der Waals surface area contributed by atoms with Gasteiger partial charge in [0, 0.05) is 0 Å². The molecule has 0 unspecified atom stereocenters. The van der Waals surface area contributed by atoms with Crippen LogP contribution < -0.4 is 0 Å². The molecule has 0 aliphatic rings. The van der Waals surface area contributed by atoms with Crippen molar-refractivity contribution in [2.24, 2.45) is 0 Å². The maximum Gasteiger partial charge on any atom is -0.0189 e. The van der Waals surface area contributed by atoms with Gasteiger partial charge in [0.1, 0.15) is 0 Å². The average Bonchev–Trinajstić information content (AvgIpc) is 1.90. The Labute approximate surface area is 58.6 Å². The minimum Gasteiger partial charge on any atom is -0.0708 e. The average molecular weight is 134 g/mol. The second-order valence-electron chi connectivity index (χ2n) is 2.15. The van der Waals surface area contributed by atoms with Crippen molar-refractivity contribution in [3.05, 3.63) is 35.9 Å². The van der Waals surface area contributed by atoms with Gasteiger partial charge in [0.15, 0.2) is 0 Å². The van der Waals surface area contributed by atoms with Crippen LogP contribution in [-0.4, -0.2) is 15.0 Å². The second-order valence-corrected chi connectivity index (χ2v) is 3.21. The van der Waals surface area contributed by atoms with Crippen molar-refractivity contribution in [2.75, 3.05) is 0 Å². The topological polar surface area (TPSA) is 0 Å². The Morgan fingerprint density at radius 2 is 1.78 bits per heavy atom. The van der Waals surface area contributed by atoms with Gasteiger partial charge in [-0.05, 0) is 22.3 Å². The lowest BCUT2D eigenvalue weighted by Gasteiger charge is -1.95. The van der Waals surface area contributed by atoms with Crippen LogP contribution in [-0.2, 0) is 0 Å². The fourth-order valence-corrected chi connectivity index (χ4v) is 0.958. The molecule has 0 aliphatic heterocycles. The summed E-state index contributed by atoms with van der Waals surface area (Å²) in [4.78, 5) is 0. The molecule has 0 atom stereocenters. The molecular weight excluding hydrogens is 124 g/mol. The molecule has 46 valence electrons. The minimum atomic E-state index is 1.34. The van der Waals surface area contributed by atoms with Crippen molar-refractivity contribution < 1.29 is 0 Å². The fourth-order valence-electron chi connectivity index (χ4n) is 0.723. The van der Waals surface area contributed by atoms with E-state index in [4.69, 9.17) is 0 Å². The highest BCUT2D eigenvalue weighted by atomic mass is 28.1. The molecule has 0 nitrogen and oxygen atoms in total. The first kappa shape index (κ1) is 6.43. The SMILES string of the molecule is CC(=[SiH2])c1ccccc1. The lowest BCUT2D eigenvalue weighted by Crippen LogP contribution is -1.91. The van der Waals surface area contributed by atoms with Gasteiger partial charge in [-0.1, -0.05) is 35.5 Å². The van der Waals surface area contributed by atoms with Gasteiger partial charge < -0.3 is 0 Å². The molecule has 0 heterocycles. The zero-order valence-corrected chi connectivity index (χ0v) is 7.01. The highest BCUT2D eigenvalue weighted by molar-refractivity contribution is 6.42. The van der Waals surface area contributed by atoms with Crippen LogP contribution in [0, 0.1) is 0 Å². The molecule has 1 heteroatoms. The molecule has 0 N–H and O–H groups in total. The first-order valence-corrected chi connectivity index (χ1v) is 3.72. The molecule has 0 fully saturated rings. The molecule has 0 saturated carbocycles. The van der Waals surface area contributed by atoms with Crippen molar-refractivity contribution in [1.82, 2.24) is 0 Å². The minimum absolute atomic E-state index is 1.34. The summed E-state index contributed by atoms with van der Waals surface area (Å²) in [6, 6.07) is 10.4. The van der Waals surface area contributed by atoms with E-state index in [1.807, 2.05) is 15.9 Å². The molecule has 0 spiro atoms. The van der Waals surface area contributed by atoms with Crippen LogP contribution in [0.5, 0.6) is 0 Å². The van der Waals surface area contributed by atoms with Crippen LogP contribution in [0.1, 0.15) is 12.5 Å². The highest BCUT2D eigenvalue weighted by Gasteiger charge is 1.85. The third kappa shape index (κ3) is 1.61. The molecular formula is C8H10Si. The Morgan fingerprint density at radius 1 is 1.22 bits per heavy atom. The van der Waals surface area contributed by atoms with E-state index >= 15 is 0 Å². The van der Waals surface area contributed by atoms with Crippen LogP contribution in [0.25, 0.3) is 0 Å². The van der Waals surface area contributed by atoms with Gasteiger partial charge in [-0.3, -0.25) is 0 Å². The molecule has 1 aromatic carbocycles. The lowest BCUT2D eigenvalue weighted by molar-refractivity contribution is 1.65.